The predicted molar refractivity (Wildman–Crippen MR) is 83.0 cm³/mol. The van der Waals surface area contributed by atoms with E-state index in [1.165, 1.54) is 12.8 Å². The van der Waals surface area contributed by atoms with Gasteiger partial charge >= 0.3 is 0 Å². The third-order valence-electron chi connectivity index (χ3n) is 4.09. The largest absolute Gasteiger partial charge is 0.337 e. The van der Waals surface area contributed by atoms with E-state index in [0.29, 0.717) is 12.6 Å². The third-order valence-corrected chi connectivity index (χ3v) is 4.09. The number of hydrogen-bond acceptors (Lipinski definition) is 5. The third kappa shape index (κ3) is 2.76. The topological polar surface area (TPSA) is 72.9 Å². The van der Waals surface area contributed by atoms with Gasteiger partial charge in [-0.15, -0.1) is 0 Å². The number of nitrogens with zero attached hydrogens (tertiary/aromatic N) is 5. The van der Waals surface area contributed by atoms with Gasteiger partial charge < -0.3 is 10.6 Å². The lowest BCUT2D eigenvalue weighted by molar-refractivity contribution is 0.458. The molecule has 0 spiro atoms. The molecule has 2 aromatic rings. The Morgan fingerprint density at radius 1 is 1.38 bits per heavy atom. The van der Waals surface area contributed by atoms with Gasteiger partial charge in [-0.2, -0.15) is 5.10 Å². The molecule has 0 aliphatic carbocycles. The number of rotatable bonds is 3. The Morgan fingerprint density at radius 2 is 2.24 bits per heavy atom. The molecular formula is C15H22N6. The molecule has 3 heterocycles. The maximum absolute atomic E-state index is 5.90. The Bertz CT molecular complexity index is 620. The maximum Gasteiger partial charge on any atom is 0.226 e. The molecule has 6 nitrogen and oxygen atoms in total. The van der Waals surface area contributed by atoms with Crippen LogP contribution in [0.25, 0.3) is 11.3 Å². The highest BCUT2D eigenvalue weighted by Crippen LogP contribution is 2.25. The molecule has 0 saturated carbocycles. The second-order valence-corrected chi connectivity index (χ2v) is 5.62. The Morgan fingerprint density at radius 3 is 2.95 bits per heavy atom. The van der Waals surface area contributed by atoms with Crippen LogP contribution in [0.5, 0.6) is 0 Å². The normalized spacial score (nSPS) is 19.0. The second-order valence-electron chi connectivity index (χ2n) is 5.62. The number of hydrogen-bond donors (Lipinski definition) is 1. The molecule has 1 saturated heterocycles. The first-order valence-corrected chi connectivity index (χ1v) is 7.49. The fourth-order valence-corrected chi connectivity index (χ4v) is 3.00. The summed E-state index contributed by atoms with van der Waals surface area (Å²) in [5.74, 6) is 0.783. The quantitative estimate of drug-likeness (QED) is 0.925. The van der Waals surface area contributed by atoms with E-state index in [2.05, 4.69) is 15.0 Å². The van der Waals surface area contributed by atoms with E-state index >= 15 is 0 Å². The minimum absolute atomic E-state index is 0.351. The molecule has 3 rings (SSSR count). The number of anilines is 1. The van der Waals surface area contributed by atoms with Crippen LogP contribution in [-0.4, -0.2) is 38.9 Å². The summed E-state index contributed by atoms with van der Waals surface area (Å²) < 4.78 is 1.82. The van der Waals surface area contributed by atoms with Gasteiger partial charge in [-0.1, -0.05) is 0 Å². The highest BCUT2D eigenvalue weighted by Gasteiger charge is 2.23. The highest BCUT2D eigenvalue weighted by molar-refractivity contribution is 5.62. The molecule has 1 fully saturated rings. The van der Waals surface area contributed by atoms with Crippen LogP contribution in [0.2, 0.25) is 0 Å². The molecule has 2 aromatic heterocycles. The predicted octanol–water partition coefficient (Wildman–Crippen LogP) is 1.50. The van der Waals surface area contributed by atoms with Crippen molar-refractivity contribution in [3.05, 3.63) is 24.2 Å². The van der Waals surface area contributed by atoms with E-state index in [1.54, 1.807) is 0 Å². The van der Waals surface area contributed by atoms with Crippen molar-refractivity contribution in [3.63, 3.8) is 0 Å². The summed E-state index contributed by atoms with van der Waals surface area (Å²) in [5.41, 5.74) is 8.86. The van der Waals surface area contributed by atoms with Crippen LogP contribution in [0, 0.1) is 6.92 Å². The average Bonchev–Trinajstić information content (AvgIpc) is 2.86. The van der Waals surface area contributed by atoms with E-state index in [4.69, 9.17) is 10.7 Å². The number of piperidine rings is 1. The fraction of sp³-hybridized carbons (Fsp3) is 0.533. The van der Waals surface area contributed by atoms with E-state index in [-0.39, 0.29) is 0 Å². The summed E-state index contributed by atoms with van der Waals surface area (Å²) in [5, 5.41) is 4.38. The fourth-order valence-electron chi connectivity index (χ4n) is 3.00. The zero-order valence-corrected chi connectivity index (χ0v) is 12.7. The summed E-state index contributed by atoms with van der Waals surface area (Å²) >= 11 is 0. The highest BCUT2D eigenvalue weighted by atomic mass is 15.3. The molecule has 1 atom stereocenters. The van der Waals surface area contributed by atoms with E-state index in [0.717, 1.165) is 35.9 Å². The number of nitrogens with two attached hydrogens (primary N) is 1. The summed E-state index contributed by atoms with van der Waals surface area (Å²) in [6.45, 7) is 3.64. The van der Waals surface area contributed by atoms with Gasteiger partial charge in [-0.3, -0.25) is 4.68 Å². The standard InChI is InChI=1S/C15H22N6/c1-11-13(10-20(2)19-11)14-6-7-17-15(18-14)21-8-4-3-5-12(21)9-16/h6-7,10,12H,3-5,8-9,16H2,1-2H3. The minimum atomic E-state index is 0.351. The van der Waals surface area contributed by atoms with Crippen LogP contribution in [0.15, 0.2) is 18.5 Å². The zero-order chi connectivity index (χ0) is 14.8. The van der Waals surface area contributed by atoms with Crippen LogP contribution in [-0.2, 0) is 7.05 Å². The molecule has 112 valence electrons. The molecule has 0 amide bonds. The Balaban J connectivity index is 1.94. The molecule has 2 N–H and O–H groups in total. The van der Waals surface area contributed by atoms with Gasteiger partial charge in [0.25, 0.3) is 0 Å². The smallest absolute Gasteiger partial charge is 0.226 e. The molecule has 6 heteroatoms. The van der Waals surface area contributed by atoms with Gasteiger partial charge in [-0.25, -0.2) is 9.97 Å². The zero-order valence-electron chi connectivity index (χ0n) is 12.7. The summed E-state index contributed by atoms with van der Waals surface area (Å²) in [6, 6.07) is 2.29. The van der Waals surface area contributed by atoms with Gasteiger partial charge in [0.05, 0.1) is 11.4 Å². The van der Waals surface area contributed by atoms with Gasteiger partial charge in [0.1, 0.15) is 0 Å². The molecule has 0 bridgehead atoms. The van der Waals surface area contributed by atoms with Crippen molar-refractivity contribution in [1.29, 1.82) is 0 Å². The molecular weight excluding hydrogens is 264 g/mol. The Labute approximate surface area is 125 Å². The van der Waals surface area contributed by atoms with E-state index in [1.807, 2.05) is 37.1 Å². The Kier molecular flexibility index (Phi) is 3.88. The summed E-state index contributed by atoms with van der Waals surface area (Å²) in [6.07, 6.45) is 7.36. The number of aryl methyl sites for hydroxylation is 2. The first kappa shape index (κ1) is 14.0. The van der Waals surface area contributed by atoms with Crippen LogP contribution in [0.3, 0.4) is 0 Å². The van der Waals surface area contributed by atoms with Crippen LogP contribution in [0.1, 0.15) is 25.0 Å². The average molecular weight is 286 g/mol. The first-order valence-electron chi connectivity index (χ1n) is 7.49. The lowest BCUT2D eigenvalue weighted by atomic mass is 10.0. The minimum Gasteiger partial charge on any atom is -0.337 e. The Hall–Kier alpha value is -1.95. The maximum atomic E-state index is 5.90. The molecule has 21 heavy (non-hydrogen) atoms. The van der Waals surface area contributed by atoms with Gasteiger partial charge in [0.15, 0.2) is 0 Å². The summed E-state index contributed by atoms with van der Waals surface area (Å²) in [7, 11) is 1.92. The van der Waals surface area contributed by atoms with Crippen molar-refractivity contribution in [2.75, 3.05) is 18.0 Å². The summed E-state index contributed by atoms with van der Waals surface area (Å²) in [4.78, 5) is 11.4. The number of aromatic nitrogens is 4. The van der Waals surface area contributed by atoms with Gasteiger partial charge in [0.2, 0.25) is 5.95 Å². The van der Waals surface area contributed by atoms with Crippen LogP contribution >= 0.6 is 0 Å². The van der Waals surface area contributed by atoms with Crippen molar-refractivity contribution in [3.8, 4) is 11.3 Å². The van der Waals surface area contributed by atoms with E-state index < -0.39 is 0 Å². The lowest BCUT2D eigenvalue weighted by Crippen LogP contribution is -2.45. The molecule has 1 unspecified atom stereocenters. The van der Waals surface area contributed by atoms with Crippen molar-refractivity contribution in [2.24, 2.45) is 12.8 Å². The van der Waals surface area contributed by atoms with E-state index in [9.17, 15) is 0 Å². The van der Waals surface area contributed by atoms with Crippen molar-refractivity contribution in [2.45, 2.75) is 32.2 Å². The molecule has 1 aliphatic rings. The molecule has 0 aromatic carbocycles. The van der Waals surface area contributed by atoms with Gasteiger partial charge in [0, 0.05) is 44.1 Å². The lowest BCUT2D eigenvalue weighted by Gasteiger charge is -2.35. The molecule has 0 radical (unpaired) electrons. The monoisotopic (exact) mass is 286 g/mol. The van der Waals surface area contributed by atoms with Crippen molar-refractivity contribution in [1.82, 2.24) is 19.7 Å². The first-order chi connectivity index (χ1) is 10.2. The second kappa shape index (κ2) is 5.81. The van der Waals surface area contributed by atoms with Crippen molar-refractivity contribution < 1.29 is 0 Å². The van der Waals surface area contributed by atoms with Crippen molar-refractivity contribution >= 4 is 5.95 Å². The van der Waals surface area contributed by atoms with Crippen LogP contribution in [0.4, 0.5) is 5.95 Å². The molecule has 1 aliphatic heterocycles. The van der Waals surface area contributed by atoms with Gasteiger partial charge in [-0.05, 0) is 32.3 Å². The van der Waals surface area contributed by atoms with Crippen LogP contribution < -0.4 is 10.6 Å². The SMILES string of the molecule is Cc1nn(C)cc1-c1ccnc(N2CCCCC2CN)n1.